The molecule has 2 aliphatic heterocycles. The Morgan fingerprint density at radius 2 is 2.06 bits per heavy atom. The van der Waals surface area contributed by atoms with Gasteiger partial charge < -0.3 is 24.0 Å². The van der Waals surface area contributed by atoms with Crippen LogP contribution in [0.15, 0.2) is 65.7 Å². The second-order valence-electron chi connectivity index (χ2n) is 8.13. The van der Waals surface area contributed by atoms with Crippen LogP contribution in [0.4, 0.5) is 4.39 Å². The summed E-state index contributed by atoms with van der Waals surface area (Å²) < 4.78 is 26.8. The highest BCUT2D eigenvalue weighted by Crippen LogP contribution is 2.38. The molecule has 0 saturated carbocycles. The summed E-state index contributed by atoms with van der Waals surface area (Å²) in [6.45, 7) is 2.06. The zero-order valence-corrected chi connectivity index (χ0v) is 18.7. The lowest BCUT2D eigenvalue weighted by atomic mass is 9.88. The minimum atomic E-state index is -1.41. The number of aromatic nitrogens is 2. The monoisotopic (exact) mass is 462 g/mol. The van der Waals surface area contributed by atoms with E-state index >= 15 is 0 Å². The molecule has 1 atom stereocenters. The van der Waals surface area contributed by atoms with Crippen molar-refractivity contribution in [3.63, 3.8) is 0 Å². The van der Waals surface area contributed by atoms with E-state index in [1.54, 1.807) is 24.4 Å². The fourth-order valence-electron chi connectivity index (χ4n) is 4.40. The van der Waals surface area contributed by atoms with Gasteiger partial charge in [0.25, 0.3) is 5.91 Å². The molecule has 5 rings (SSSR count). The number of amides is 1. The molecule has 3 heterocycles. The van der Waals surface area contributed by atoms with Gasteiger partial charge in [-0.15, -0.1) is 0 Å². The fraction of sp³-hybridized carbons (Fsp3) is 0.240. The zero-order valence-electron chi connectivity index (χ0n) is 18.7. The highest BCUT2D eigenvalue weighted by Gasteiger charge is 2.53. The number of rotatable bonds is 5. The first-order chi connectivity index (χ1) is 16.5. The summed E-state index contributed by atoms with van der Waals surface area (Å²) >= 11 is 0. The van der Waals surface area contributed by atoms with Crippen LogP contribution in [0, 0.1) is 12.7 Å². The van der Waals surface area contributed by atoms with E-state index < -0.39 is 23.9 Å². The van der Waals surface area contributed by atoms with E-state index in [2.05, 4.69) is 9.98 Å². The van der Waals surface area contributed by atoms with Gasteiger partial charge in [-0.3, -0.25) is 4.79 Å². The van der Waals surface area contributed by atoms with Gasteiger partial charge in [-0.1, -0.05) is 18.2 Å². The highest BCUT2D eigenvalue weighted by molar-refractivity contribution is 6.14. The van der Waals surface area contributed by atoms with E-state index in [1.807, 2.05) is 35.9 Å². The molecule has 1 amide bonds. The number of amidine groups is 1. The molecule has 2 aromatic carbocycles. The largest absolute Gasteiger partial charge is 0.495 e. The molecule has 2 aliphatic rings. The summed E-state index contributed by atoms with van der Waals surface area (Å²) in [6, 6.07) is 11.2. The first-order valence-electron chi connectivity index (χ1n) is 10.8. The van der Waals surface area contributed by atoms with E-state index in [1.165, 1.54) is 24.3 Å². The lowest BCUT2D eigenvalue weighted by Gasteiger charge is -2.40. The van der Waals surface area contributed by atoms with Crippen molar-refractivity contribution in [2.24, 2.45) is 4.99 Å². The van der Waals surface area contributed by atoms with Gasteiger partial charge in [0.15, 0.2) is 17.1 Å². The van der Waals surface area contributed by atoms with Gasteiger partial charge in [-0.2, -0.15) is 4.99 Å². The van der Waals surface area contributed by atoms with E-state index in [-0.39, 0.29) is 0 Å². The number of carbonyl (C=O) groups is 1. The average molecular weight is 462 g/mol. The summed E-state index contributed by atoms with van der Waals surface area (Å²) in [4.78, 5) is 23.3. The zero-order chi connectivity index (χ0) is 23.9. The lowest BCUT2D eigenvalue weighted by Crippen LogP contribution is -2.54. The van der Waals surface area contributed by atoms with E-state index in [4.69, 9.17) is 9.47 Å². The first kappa shape index (κ1) is 21.8. The Morgan fingerprint density at radius 1 is 1.26 bits per heavy atom. The number of aliphatic hydroxyl groups is 1. The van der Waals surface area contributed by atoms with Crippen LogP contribution in [0.5, 0.6) is 5.75 Å². The van der Waals surface area contributed by atoms with Crippen LogP contribution in [-0.2, 0) is 15.1 Å². The van der Waals surface area contributed by atoms with Gasteiger partial charge in [-0.25, -0.2) is 9.37 Å². The third kappa shape index (κ3) is 3.45. The number of hydrogen-bond donors (Lipinski definition) is 1. The van der Waals surface area contributed by atoms with Crippen LogP contribution < -0.4 is 4.74 Å². The molecular formula is C25H23FN4O4. The Hall–Kier alpha value is -3.98. The summed E-state index contributed by atoms with van der Waals surface area (Å²) in [6.07, 6.45) is 5.40. The molecule has 1 fully saturated rings. The maximum atomic E-state index is 13.5. The fourth-order valence-corrected chi connectivity index (χ4v) is 4.40. The number of nitrogens with zero attached hydrogens (tertiary/aromatic N) is 4. The van der Waals surface area contributed by atoms with Crippen LogP contribution in [0.25, 0.3) is 11.8 Å². The number of halogens is 1. The molecule has 1 saturated heterocycles. The topological polar surface area (TPSA) is 89.2 Å². The maximum absolute atomic E-state index is 13.5. The molecule has 174 valence electrons. The Kier molecular flexibility index (Phi) is 5.41. The maximum Gasteiger partial charge on any atom is 0.280 e. The highest BCUT2D eigenvalue weighted by atomic mass is 19.1. The number of fused-ring (bicyclic) bond motifs is 1. The Bertz CT molecular complexity index is 1310. The predicted molar refractivity (Wildman–Crippen MR) is 123 cm³/mol. The molecule has 0 spiro atoms. The summed E-state index contributed by atoms with van der Waals surface area (Å²) in [5.41, 5.74) is 1.57. The van der Waals surface area contributed by atoms with Gasteiger partial charge in [0.05, 0.1) is 38.0 Å². The van der Waals surface area contributed by atoms with Crippen molar-refractivity contribution in [3.8, 4) is 11.4 Å². The standard InChI is InChI=1S/C25H23FN4O4/c1-16-13-29(15-27-16)20-8-3-17(11-21(20)33-2)12-22-23-28-24(32)25(14-31,30(23)9-10-34-22)18-4-6-19(26)7-5-18/h3-8,11-13,15,31H,9-10,14H2,1-2H3/b22-12-. The Balaban J connectivity index is 1.51. The molecule has 8 nitrogen and oxygen atoms in total. The second kappa shape index (κ2) is 8.42. The predicted octanol–water partition coefficient (Wildman–Crippen LogP) is 2.83. The smallest absolute Gasteiger partial charge is 0.280 e. The van der Waals surface area contributed by atoms with Crippen molar-refractivity contribution < 1.29 is 23.8 Å². The van der Waals surface area contributed by atoms with Crippen LogP contribution in [-0.4, -0.2) is 58.2 Å². The Morgan fingerprint density at radius 3 is 2.74 bits per heavy atom. The molecule has 3 aromatic rings. The SMILES string of the molecule is COc1cc(/C=C2\OCCN3C2=NC(=O)C3(CO)c2ccc(F)cc2)ccc1-n1cnc(C)c1. The van der Waals surface area contributed by atoms with Crippen molar-refractivity contribution in [2.45, 2.75) is 12.5 Å². The van der Waals surface area contributed by atoms with Crippen molar-refractivity contribution in [1.29, 1.82) is 0 Å². The van der Waals surface area contributed by atoms with Crippen LogP contribution >= 0.6 is 0 Å². The van der Waals surface area contributed by atoms with E-state index in [0.717, 1.165) is 16.9 Å². The normalized spacial score (nSPS) is 20.8. The summed E-state index contributed by atoms with van der Waals surface area (Å²) in [5.74, 6) is 0.443. The number of hydrogen-bond acceptors (Lipinski definition) is 6. The number of morpholine rings is 1. The summed E-state index contributed by atoms with van der Waals surface area (Å²) in [5, 5.41) is 10.3. The number of methoxy groups -OCH3 is 1. The Labute approximate surface area is 195 Å². The van der Waals surface area contributed by atoms with E-state index in [0.29, 0.717) is 36.1 Å². The van der Waals surface area contributed by atoms with Crippen molar-refractivity contribution in [1.82, 2.24) is 14.5 Å². The van der Waals surface area contributed by atoms with Crippen molar-refractivity contribution in [3.05, 3.63) is 83.4 Å². The lowest BCUT2D eigenvalue weighted by molar-refractivity contribution is -0.128. The molecule has 34 heavy (non-hydrogen) atoms. The molecule has 1 aromatic heterocycles. The second-order valence-corrected chi connectivity index (χ2v) is 8.13. The van der Waals surface area contributed by atoms with Crippen LogP contribution in [0.3, 0.4) is 0 Å². The number of benzene rings is 2. The van der Waals surface area contributed by atoms with Gasteiger partial charge in [0, 0.05) is 6.20 Å². The molecule has 0 radical (unpaired) electrons. The number of ether oxygens (including phenoxy) is 2. The molecular weight excluding hydrogens is 439 g/mol. The molecule has 9 heteroatoms. The minimum absolute atomic E-state index is 0.296. The average Bonchev–Trinajstić information content (AvgIpc) is 3.40. The van der Waals surface area contributed by atoms with Crippen LogP contribution in [0.2, 0.25) is 0 Å². The molecule has 1 unspecified atom stereocenters. The number of aliphatic imine (C=N–C) groups is 1. The molecule has 1 N–H and O–H groups in total. The minimum Gasteiger partial charge on any atom is -0.495 e. The number of imidazole rings is 1. The van der Waals surface area contributed by atoms with Crippen LogP contribution in [0.1, 0.15) is 16.8 Å². The number of aliphatic hydroxyl groups excluding tert-OH is 1. The van der Waals surface area contributed by atoms with Gasteiger partial charge in [0.2, 0.25) is 0 Å². The van der Waals surface area contributed by atoms with Crippen molar-refractivity contribution >= 4 is 17.8 Å². The summed E-state index contributed by atoms with van der Waals surface area (Å²) in [7, 11) is 1.59. The quantitative estimate of drug-likeness (QED) is 0.627. The first-order valence-corrected chi connectivity index (χ1v) is 10.8. The van der Waals surface area contributed by atoms with Gasteiger partial charge in [0.1, 0.15) is 18.2 Å². The number of carbonyl (C=O) groups excluding carboxylic acids is 1. The molecule has 0 aliphatic carbocycles. The number of aryl methyl sites for hydroxylation is 1. The van der Waals surface area contributed by atoms with Crippen molar-refractivity contribution in [2.75, 3.05) is 26.9 Å². The van der Waals surface area contributed by atoms with Gasteiger partial charge in [-0.05, 0) is 48.4 Å². The van der Waals surface area contributed by atoms with Gasteiger partial charge >= 0.3 is 0 Å². The third-order valence-corrected chi connectivity index (χ3v) is 6.11. The third-order valence-electron chi connectivity index (χ3n) is 6.11. The van der Waals surface area contributed by atoms with E-state index in [9.17, 15) is 14.3 Å². The molecule has 0 bridgehead atoms.